The summed E-state index contributed by atoms with van der Waals surface area (Å²) >= 11 is 0. The fourth-order valence-electron chi connectivity index (χ4n) is 3.04. The normalized spacial score (nSPS) is 22.0. The van der Waals surface area contributed by atoms with Crippen molar-refractivity contribution < 1.29 is 9.59 Å². The highest BCUT2D eigenvalue weighted by atomic mass is 16.2. The highest BCUT2D eigenvalue weighted by Crippen LogP contribution is 2.39. The Morgan fingerprint density at radius 3 is 2.90 bits per heavy atom. The van der Waals surface area contributed by atoms with Crippen molar-refractivity contribution in [3.8, 4) is 0 Å². The molecule has 0 spiro atoms. The summed E-state index contributed by atoms with van der Waals surface area (Å²) in [7, 11) is 1.99. The summed E-state index contributed by atoms with van der Waals surface area (Å²) in [5.74, 6) is -0.393. The van der Waals surface area contributed by atoms with E-state index in [2.05, 4.69) is 15.1 Å². The topological polar surface area (TPSA) is 78.7 Å². The van der Waals surface area contributed by atoms with Crippen molar-refractivity contribution in [1.82, 2.24) is 5.32 Å². The molecule has 1 aromatic carbocycles. The third-order valence-corrected chi connectivity index (χ3v) is 3.96. The molecule has 1 aromatic rings. The lowest BCUT2D eigenvalue weighted by molar-refractivity contribution is -0.134. The lowest BCUT2D eigenvalue weighted by Crippen LogP contribution is -2.53. The van der Waals surface area contributed by atoms with E-state index in [1.165, 1.54) is 0 Å². The maximum Gasteiger partial charge on any atom is 0.249 e. The van der Waals surface area contributed by atoms with Gasteiger partial charge in [0.25, 0.3) is 0 Å². The van der Waals surface area contributed by atoms with Crippen molar-refractivity contribution in [2.75, 3.05) is 23.5 Å². The number of amides is 2. The SMILES string of the molecule is CN1CN(C2CCC(=O)NC2=O)c2cccc(CN)c21. The maximum absolute atomic E-state index is 12.0. The van der Waals surface area contributed by atoms with Gasteiger partial charge in [-0.3, -0.25) is 14.9 Å². The number of benzene rings is 1. The predicted molar refractivity (Wildman–Crippen MR) is 76.3 cm³/mol. The molecule has 2 aliphatic rings. The second-order valence-corrected chi connectivity index (χ2v) is 5.27. The molecule has 2 amide bonds. The average molecular weight is 274 g/mol. The minimum atomic E-state index is -0.288. The molecule has 3 rings (SSSR count). The van der Waals surface area contributed by atoms with E-state index in [4.69, 9.17) is 5.73 Å². The highest BCUT2D eigenvalue weighted by Gasteiger charge is 2.37. The summed E-state index contributed by atoms with van der Waals surface area (Å²) in [6.45, 7) is 1.11. The van der Waals surface area contributed by atoms with Crippen LogP contribution in [0.15, 0.2) is 18.2 Å². The monoisotopic (exact) mass is 274 g/mol. The van der Waals surface area contributed by atoms with Gasteiger partial charge in [0, 0.05) is 20.0 Å². The Bertz CT molecular complexity index is 572. The van der Waals surface area contributed by atoms with Crippen LogP contribution in [0, 0.1) is 0 Å². The summed E-state index contributed by atoms with van der Waals surface area (Å²) < 4.78 is 0. The van der Waals surface area contributed by atoms with Crippen LogP contribution in [0.5, 0.6) is 0 Å². The van der Waals surface area contributed by atoms with Crippen LogP contribution in [0.2, 0.25) is 0 Å². The Labute approximate surface area is 117 Å². The van der Waals surface area contributed by atoms with Gasteiger partial charge in [-0.1, -0.05) is 12.1 Å². The molecule has 0 saturated carbocycles. The second-order valence-electron chi connectivity index (χ2n) is 5.27. The number of para-hydroxylation sites is 1. The van der Waals surface area contributed by atoms with E-state index in [-0.39, 0.29) is 17.9 Å². The molecule has 20 heavy (non-hydrogen) atoms. The van der Waals surface area contributed by atoms with Crippen LogP contribution < -0.4 is 20.9 Å². The molecular weight excluding hydrogens is 256 g/mol. The molecule has 0 radical (unpaired) electrons. The number of rotatable bonds is 2. The van der Waals surface area contributed by atoms with Gasteiger partial charge in [-0.15, -0.1) is 0 Å². The number of piperidine rings is 1. The molecule has 0 aliphatic carbocycles. The van der Waals surface area contributed by atoms with E-state index in [1.807, 2.05) is 25.2 Å². The Balaban J connectivity index is 1.95. The number of anilines is 2. The van der Waals surface area contributed by atoms with Crippen molar-refractivity contribution >= 4 is 23.2 Å². The van der Waals surface area contributed by atoms with Gasteiger partial charge in [0.05, 0.1) is 18.0 Å². The Kier molecular flexibility index (Phi) is 3.10. The van der Waals surface area contributed by atoms with Crippen molar-refractivity contribution in [2.24, 2.45) is 5.73 Å². The van der Waals surface area contributed by atoms with Gasteiger partial charge < -0.3 is 15.5 Å². The zero-order valence-corrected chi connectivity index (χ0v) is 11.4. The quantitative estimate of drug-likeness (QED) is 0.751. The molecule has 2 heterocycles. The van der Waals surface area contributed by atoms with Crippen LogP contribution in [0.3, 0.4) is 0 Å². The third-order valence-electron chi connectivity index (χ3n) is 3.96. The fourth-order valence-corrected chi connectivity index (χ4v) is 3.04. The lowest BCUT2D eigenvalue weighted by Gasteiger charge is -2.31. The molecule has 0 bridgehead atoms. The van der Waals surface area contributed by atoms with Gasteiger partial charge in [-0.05, 0) is 18.1 Å². The van der Waals surface area contributed by atoms with Gasteiger partial charge >= 0.3 is 0 Å². The van der Waals surface area contributed by atoms with Gasteiger partial charge in [0.1, 0.15) is 6.04 Å². The zero-order valence-electron chi connectivity index (χ0n) is 11.4. The largest absolute Gasteiger partial charge is 0.355 e. The summed E-state index contributed by atoms with van der Waals surface area (Å²) in [5, 5.41) is 2.42. The number of carbonyl (C=O) groups is 2. The molecule has 3 N–H and O–H groups in total. The molecule has 2 aliphatic heterocycles. The minimum absolute atomic E-state index is 0.185. The van der Waals surface area contributed by atoms with Crippen LogP contribution in [0.25, 0.3) is 0 Å². The predicted octanol–water partition coefficient (Wildman–Crippen LogP) is 0.164. The van der Waals surface area contributed by atoms with Gasteiger partial charge in [-0.2, -0.15) is 0 Å². The first kappa shape index (κ1) is 12.9. The molecule has 1 saturated heterocycles. The maximum atomic E-state index is 12.0. The number of fused-ring (bicyclic) bond motifs is 1. The molecule has 0 aromatic heterocycles. The van der Waals surface area contributed by atoms with E-state index >= 15 is 0 Å². The van der Waals surface area contributed by atoms with Crippen LogP contribution in [0.4, 0.5) is 11.4 Å². The van der Waals surface area contributed by atoms with E-state index in [0.29, 0.717) is 26.1 Å². The first-order chi connectivity index (χ1) is 9.61. The molecule has 1 fully saturated rings. The first-order valence-corrected chi connectivity index (χ1v) is 6.75. The molecule has 1 atom stereocenters. The second kappa shape index (κ2) is 4.79. The standard InChI is InChI=1S/C14H18N4O2/c1-17-8-18(11-5-6-12(19)16-14(11)20)10-4-2-3-9(7-15)13(10)17/h2-4,11H,5-8,15H2,1H3,(H,16,19,20). The van der Waals surface area contributed by atoms with Gasteiger partial charge in [0.15, 0.2) is 0 Å². The molecule has 6 nitrogen and oxygen atoms in total. The summed E-state index contributed by atoms with van der Waals surface area (Å²) in [4.78, 5) is 27.5. The molecule has 6 heteroatoms. The van der Waals surface area contributed by atoms with Crippen LogP contribution in [-0.4, -0.2) is 31.6 Å². The Hall–Kier alpha value is -2.08. The third kappa shape index (κ3) is 1.92. The van der Waals surface area contributed by atoms with Crippen molar-refractivity contribution in [1.29, 1.82) is 0 Å². The Morgan fingerprint density at radius 2 is 2.20 bits per heavy atom. The van der Waals surface area contributed by atoms with Crippen LogP contribution in [-0.2, 0) is 16.1 Å². The van der Waals surface area contributed by atoms with Crippen LogP contribution in [0.1, 0.15) is 18.4 Å². The number of imide groups is 1. The smallest absolute Gasteiger partial charge is 0.249 e. The molecular formula is C14H18N4O2. The average Bonchev–Trinajstić information content (AvgIpc) is 2.76. The van der Waals surface area contributed by atoms with Gasteiger partial charge in [-0.25, -0.2) is 0 Å². The molecule has 1 unspecified atom stereocenters. The van der Waals surface area contributed by atoms with Gasteiger partial charge in [0.2, 0.25) is 11.8 Å². The highest BCUT2D eigenvalue weighted by molar-refractivity contribution is 6.02. The molecule has 106 valence electrons. The summed E-state index contributed by atoms with van der Waals surface area (Å²) in [6.07, 6.45) is 0.952. The van der Waals surface area contributed by atoms with Crippen LogP contribution >= 0.6 is 0 Å². The number of nitrogens with two attached hydrogens (primary N) is 1. The van der Waals surface area contributed by atoms with Crippen molar-refractivity contribution in [3.05, 3.63) is 23.8 Å². The minimum Gasteiger partial charge on any atom is -0.355 e. The number of nitrogens with one attached hydrogen (secondary N) is 1. The zero-order chi connectivity index (χ0) is 14.3. The summed E-state index contributed by atoms with van der Waals surface area (Å²) in [6, 6.07) is 5.67. The number of carbonyl (C=O) groups excluding carboxylic acids is 2. The van der Waals surface area contributed by atoms with E-state index in [1.54, 1.807) is 0 Å². The van der Waals surface area contributed by atoms with E-state index in [0.717, 1.165) is 16.9 Å². The number of nitrogens with zero attached hydrogens (tertiary/aromatic N) is 2. The number of hydrogen-bond acceptors (Lipinski definition) is 5. The first-order valence-electron chi connectivity index (χ1n) is 6.75. The lowest BCUT2D eigenvalue weighted by atomic mass is 10.0. The summed E-state index contributed by atoms with van der Waals surface area (Å²) in [5.41, 5.74) is 8.96. The van der Waals surface area contributed by atoms with Crippen molar-refractivity contribution in [3.63, 3.8) is 0 Å². The van der Waals surface area contributed by atoms with E-state index in [9.17, 15) is 9.59 Å². The fraction of sp³-hybridized carbons (Fsp3) is 0.429. The van der Waals surface area contributed by atoms with E-state index < -0.39 is 0 Å². The Morgan fingerprint density at radius 1 is 1.40 bits per heavy atom. The van der Waals surface area contributed by atoms with Crippen molar-refractivity contribution in [2.45, 2.75) is 25.4 Å². The number of hydrogen-bond donors (Lipinski definition) is 2.